The van der Waals surface area contributed by atoms with E-state index in [2.05, 4.69) is 299 Å². The SMILES string of the molecule is c1ccc(-c2ccccc2N(c2ccc(-c3ccc4c5ccccc5n(-c5ccccc5)c4c3)cc2)c2ccc3c(c2)C(c2ccccc2)(N(c2ccccc2)c2ccccc2)c2ccccc2-3)cc1. The summed E-state index contributed by atoms with van der Waals surface area (Å²) in [6, 6.07) is 104. The smallest absolute Gasteiger partial charge is 0.122 e. The average Bonchev–Trinajstić information content (AvgIpc) is 3.93. The standard InChI is InChI=1S/C67H47N3/c1-6-22-49(23-7-1)57-32-17-20-36-64(57)68(53-41-38-48(39-42-53)50-40-44-61-60-34-18-21-37-65(60)69(66(61)46-50)52-26-10-3-11-27-52)56-43-45-59-58-33-16-19-35-62(58)67(63(59)47-56,51-24-8-2-9-25-51)70(54-28-12-4-13-29-54)55-30-14-5-15-31-55/h1-47H. The lowest BCUT2D eigenvalue weighted by Crippen LogP contribution is -2.44. The van der Waals surface area contributed by atoms with Crippen LogP contribution in [0.2, 0.25) is 0 Å². The highest BCUT2D eigenvalue weighted by molar-refractivity contribution is 6.10. The maximum Gasteiger partial charge on any atom is 0.122 e. The molecule has 1 unspecified atom stereocenters. The average molecular weight is 894 g/mol. The molecule has 0 bridgehead atoms. The lowest BCUT2D eigenvalue weighted by Gasteiger charge is -2.45. The number of rotatable bonds is 10. The van der Waals surface area contributed by atoms with Crippen LogP contribution in [0.5, 0.6) is 0 Å². The maximum absolute atomic E-state index is 2.56. The second-order valence-electron chi connectivity index (χ2n) is 18.0. The molecule has 1 aliphatic carbocycles. The molecular weight excluding hydrogens is 847 g/mol. The van der Waals surface area contributed by atoms with Gasteiger partial charge in [-0.3, -0.25) is 0 Å². The first kappa shape index (κ1) is 41.0. The van der Waals surface area contributed by atoms with Gasteiger partial charge in [-0.25, -0.2) is 0 Å². The minimum absolute atomic E-state index is 0.749. The van der Waals surface area contributed by atoms with Crippen LogP contribution in [0, 0.1) is 0 Å². The summed E-state index contributed by atoms with van der Waals surface area (Å²) in [6.07, 6.45) is 0. The Balaban J connectivity index is 1.03. The molecule has 0 N–H and O–H groups in total. The minimum Gasteiger partial charge on any atom is -0.323 e. The van der Waals surface area contributed by atoms with Crippen LogP contribution < -0.4 is 9.80 Å². The van der Waals surface area contributed by atoms with E-state index in [0.717, 1.165) is 50.8 Å². The molecule has 0 fully saturated rings. The van der Waals surface area contributed by atoms with Gasteiger partial charge in [0.05, 0.1) is 16.7 Å². The molecule has 1 aliphatic rings. The highest BCUT2D eigenvalue weighted by atomic mass is 15.2. The topological polar surface area (TPSA) is 11.4 Å². The minimum atomic E-state index is -0.749. The summed E-state index contributed by atoms with van der Waals surface area (Å²) in [7, 11) is 0. The molecular formula is C67H47N3. The third-order valence-electron chi connectivity index (χ3n) is 14.2. The number of nitrogens with zero attached hydrogens (tertiary/aromatic N) is 3. The van der Waals surface area contributed by atoms with Crippen molar-refractivity contribution in [3.05, 3.63) is 302 Å². The van der Waals surface area contributed by atoms with Gasteiger partial charge in [0.1, 0.15) is 5.54 Å². The molecule has 3 nitrogen and oxygen atoms in total. The molecule has 330 valence electrons. The zero-order valence-corrected chi connectivity index (χ0v) is 38.5. The number of para-hydroxylation sites is 5. The Labute approximate surface area is 409 Å². The van der Waals surface area contributed by atoms with E-state index in [0.29, 0.717) is 0 Å². The fourth-order valence-electron chi connectivity index (χ4n) is 11.2. The van der Waals surface area contributed by atoms with Crippen molar-refractivity contribution in [2.24, 2.45) is 0 Å². The molecule has 13 rings (SSSR count). The van der Waals surface area contributed by atoms with Gasteiger partial charge in [-0.1, -0.05) is 206 Å². The summed E-state index contributed by atoms with van der Waals surface area (Å²) < 4.78 is 2.39. The Bertz CT molecular complexity index is 3770. The third kappa shape index (κ3) is 6.66. The summed E-state index contributed by atoms with van der Waals surface area (Å²) in [5.74, 6) is 0. The number of anilines is 5. The van der Waals surface area contributed by atoms with Crippen molar-refractivity contribution < 1.29 is 0 Å². The van der Waals surface area contributed by atoms with Crippen LogP contribution in [0.15, 0.2) is 285 Å². The summed E-state index contributed by atoms with van der Waals surface area (Å²) in [5, 5.41) is 2.49. The third-order valence-corrected chi connectivity index (χ3v) is 14.2. The molecule has 11 aromatic carbocycles. The highest BCUT2D eigenvalue weighted by Gasteiger charge is 2.50. The first-order valence-electron chi connectivity index (χ1n) is 24.1. The Morgan fingerprint density at radius 2 is 0.829 bits per heavy atom. The number of aromatic nitrogens is 1. The Kier molecular flexibility index (Phi) is 10.1. The molecule has 1 heterocycles. The lowest BCUT2D eigenvalue weighted by molar-refractivity contribution is 0.644. The van der Waals surface area contributed by atoms with Crippen LogP contribution in [0.3, 0.4) is 0 Å². The van der Waals surface area contributed by atoms with Crippen molar-refractivity contribution >= 4 is 50.2 Å². The monoisotopic (exact) mass is 893 g/mol. The summed E-state index contributed by atoms with van der Waals surface area (Å²) in [5.41, 5.74) is 19.0. The molecule has 0 aliphatic heterocycles. The van der Waals surface area contributed by atoms with E-state index in [-0.39, 0.29) is 0 Å². The van der Waals surface area contributed by atoms with Gasteiger partial charge < -0.3 is 14.4 Å². The van der Waals surface area contributed by atoms with E-state index in [1.807, 2.05) is 0 Å². The van der Waals surface area contributed by atoms with Crippen LogP contribution in [0.4, 0.5) is 28.4 Å². The zero-order chi connectivity index (χ0) is 46.4. The van der Waals surface area contributed by atoms with Gasteiger partial charge in [-0.2, -0.15) is 0 Å². The molecule has 0 spiro atoms. The van der Waals surface area contributed by atoms with Gasteiger partial charge in [0.2, 0.25) is 0 Å². The second kappa shape index (κ2) is 17.2. The van der Waals surface area contributed by atoms with E-state index in [4.69, 9.17) is 0 Å². The molecule has 3 heteroatoms. The van der Waals surface area contributed by atoms with Crippen LogP contribution in [0.1, 0.15) is 16.7 Å². The van der Waals surface area contributed by atoms with Gasteiger partial charge >= 0.3 is 0 Å². The van der Waals surface area contributed by atoms with Crippen LogP contribution >= 0.6 is 0 Å². The van der Waals surface area contributed by atoms with E-state index in [9.17, 15) is 0 Å². The summed E-state index contributed by atoms with van der Waals surface area (Å²) >= 11 is 0. The van der Waals surface area contributed by atoms with Crippen LogP contribution in [-0.4, -0.2) is 4.57 Å². The van der Waals surface area contributed by atoms with Crippen molar-refractivity contribution in [1.29, 1.82) is 0 Å². The fourth-order valence-corrected chi connectivity index (χ4v) is 11.2. The van der Waals surface area contributed by atoms with Gasteiger partial charge in [-0.15, -0.1) is 0 Å². The predicted molar refractivity (Wildman–Crippen MR) is 293 cm³/mol. The molecule has 0 amide bonds. The number of hydrogen-bond acceptors (Lipinski definition) is 2. The Morgan fingerprint density at radius 1 is 0.300 bits per heavy atom. The molecule has 0 radical (unpaired) electrons. The maximum atomic E-state index is 2.56. The molecule has 12 aromatic rings. The molecule has 0 saturated heterocycles. The van der Waals surface area contributed by atoms with Crippen molar-refractivity contribution in [3.8, 4) is 39.1 Å². The van der Waals surface area contributed by atoms with Crippen molar-refractivity contribution in [1.82, 2.24) is 4.57 Å². The van der Waals surface area contributed by atoms with Gasteiger partial charge in [-0.05, 0) is 123 Å². The number of fused-ring (bicyclic) bond motifs is 6. The quantitative estimate of drug-likeness (QED) is 0.136. The van der Waals surface area contributed by atoms with Crippen molar-refractivity contribution in [2.75, 3.05) is 9.80 Å². The Hall–Kier alpha value is -9.18. The van der Waals surface area contributed by atoms with Crippen LogP contribution in [-0.2, 0) is 5.54 Å². The second-order valence-corrected chi connectivity index (χ2v) is 18.0. The van der Waals surface area contributed by atoms with Gasteiger partial charge in [0.25, 0.3) is 0 Å². The molecule has 1 atom stereocenters. The lowest BCUT2D eigenvalue weighted by atomic mass is 9.78. The molecule has 1 aromatic heterocycles. The Morgan fingerprint density at radius 3 is 1.54 bits per heavy atom. The highest BCUT2D eigenvalue weighted by Crippen LogP contribution is 2.59. The number of hydrogen-bond donors (Lipinski definition) is 0. The summed E-state index contributed by atoms with van der Waals surface area (Å²) in [6.45, 7) is 0. The predicted octanol–water partition coefficient (Wildman–Crippen LogP) is 17.7. The summed E-state index contributed by atoms with van der Waals surface area (Å²) in [4.78, 5) is 5.01. The largest absolute Gasteiger partial charge is 0.323 e. The zero-order valence-electron chi connectivity index (χ0n) is 38.5. The number of benzene rings is 11. The first-order chi connectivity index (χ1) is 34.8. The van der Waals surface area contributed by atoms with Crippen molar-refractivity contribution in [3.63, 3.8) is 0 Å². The fraction of sp³-hybridized carbons (Fsp3) is 0.0149. The molecule has 70 heavy (non-hydrogen) atoms. The van der Waals surface area contributed by atoms with E-state index in [1.54, 1.807) is 0 Å². The normalized spacial score (nSPS) is 13.8. The van der Waals surface area contributed by atoms with Gasteiger partial charge in [0, 0.05) is 44.8 Å². The first-order valence-corrected chi connectivity index (χ1v) is 24.1. The van der Waals surface area contributed by atoms with E-state index in [1.165, 1.54) is 55.2 Å². The molecule has 0 saturated carbocycles. The van der Waals surface area contributed by atoms with Crippen molar-refractivity contribution in [2.45, 2.75) is 5.54 Å². The van der Waals surface area contributed by atoms with E-state index < -0.39 is 5.54 Å². The van der Waals surface area contributed by atoms with E-state index >= 15 is 0 Å². The van der Waals surface area contributed by atoms with Gasteiger partial charge in [0.15, 0.2) is 0 Å². The van der Waals surface area contributed by atoms with Crippen LogP contribution in [0.25, 0.3) is 60.9 Å².